The minimum Gasteiger partial charge on any atom is -0.489 e. The van der Waals surface area contributed by atoms with Gasteiger partial charge in [0.25, 0.3) is 5.91 Å². The van der Waals surface area contributed by atoms with Crippen molar-refractivity contribution in [2.45, 2.75) is 6.61 Å². The summed E-state index contributed by atoms with van der Waals surface area (Å²) in [6, 6.07) is 12.2. The summed E-state index contributed by atoms with van der Waals surface area (Å²) in [5, 5.41) is 13.0. The van der Waals surface area contributed by atoms with Crippen LogP contribution in [0.15, 0.2) is 53.1 Å². The van der Waals surface area contributed by atoms with Gasteiger partial charge in [-0.05, 0) is 57.9 Å². The van der Waals surface area contributed by atoms with Gasteiger partial charge in [-0.3, -0.25) is 4.79 Å². The van der Waals surface area contributed by atoms with E-state index in [1.807, 2.05) is 11.0 Å². The zero-order valence-corrected chi connectivity index (χ0v) is 18.6. The van der Waals surface area contributed by atoms with Crippen LogP contribution in [-0.2, 0) is 6.61 Å². The highest BCUT2D eigenvalue weighted by molar-refractivity contribution is 9.10. The van der Waals surface area contributed by atoms with Crippen molar-refractivity contribution >= 4 is 62.2 Å². The normalized spacial score (nSPS) is 12.9. The van der Waals surface area contributed by atoms with E-state index in [9.17, 15) is 9.90 Å². The fourth-order valence-electron chi connectivity index (χ4n) is 3.18. The smallest absolute Gasteiger partial charge is 0.259 e. The van der Waals surface area contributed by atoms with Gasteiger partial charge in [-0.25, -0.2) is 4.98 Å². The van der Waals surface area contributed by atoms with E-state index in [2.05, 4.69) is 26.2 Å². The monoisotopic (exact) mass is 507 g/mol. The maximum Gasteiger partial charge on any atom is 0.259 e. The number of para-hydroxylation sites is 1. The van der Waals surface area contributed by atoms with Crippen LogP contribution < -0.4 is 15.0 Å². The van der Waals surface area contributed by atoms with Crippen LogP contribution >= 0.6 is 39.1 Å². The van der Waals surface area contributed by atoms with Crippen molar-refractivity contribution in [2.24, 2.45) is 0 Å². The predicted molar refractivity (Wildman–Crippen MR) is 121 cm³/mol. The van der Waals surface area contributed by atoms with Crippen LogP contribution in [0.1, 0.15) is 15.9 Å². The Morgan fingerprint density at radius 2 is 2.07 bits per heavy atom. The van der Waals surface area contributed by atoms with E-state index in [1.165, 1.54) is 0 Å². The van der Waals surface area contributed by atoms with Gasteiger partial charge in [0.1, 0.15) is 6.61 Å². The van der Waals surface area contributed by atoms with Gasteiger partial charge >= 0.3 is 0 Å². The minimum absolute atomic E-state index is 0.142. The number of aliphatic hydroxyl groups is 1. The van der Waals surface area contributed by atoms with Gasteiger partial charge in [0.15, 0.2) is 11.6 Å². The average Bonchev–Trinajstić information content (AvgIpc) is 2.75. The summed E-state index contributed by atoms with van der Waals surface area (Å²) in [6.45, 7) is 0.740. The molecular formula is C21H16BrCl2N3O3. The number of benzene rings is 2. The lowest BCUT2D eigenvalue weighted by atomic mass is 10.1. The molecule has 0 saturated carbocycles. The van der Waals surface area contributed by atoms with E-state index in [4.69, 9.17) is 27.9 Å². The van der Waals surface area contributed by atoms with Crippen LogP contribution in [0.4, 0.5) is 17.2 Å². The number of pyridine rings is 1. The van der Waals surface area contributed by atoms with Crippen LogP contribution in [0.3, 0.4) is 0 Å². The minimum atomic E-state index is -0.318. The summed E-state index contributed by atoms with van der Waals surface area (Å²) < 4.78 is 6.59. The Morgan fingerprint density at radius 3 is 2.80 bits per heavy atom. The first kappa shape index (κ1) is 20.9. The molecule has 30 heavy (non-hydrogen) atoms. The topological polar surface area (TPSA) is 74.7 Å². The quantitative estimate of drug-likeness (QED) is 0.491. The summed E-state index contributed by atoms with van der Waals surface area (Å²) in [4.78, 5) is 19.2. The number of nitrogens with one attached hydrogen (secondary N) is 1. The number of fused-ring (bicyclic) bond motifs is 1. The zero-order chi connectivity index (χ0) is 21.3. The second-order valence-corrected chi connectivity index (χ2v) is 8.21. The molecule has 2 aromatic carbocycles. The number of ether oxygens (including phenoxy) is 1. The van der Waals surface area contributed by atoms with Gasteiger partial charge in [-0.1, -0.05) is 29.3 Å². The Balaban J connectivity index is 1.67. The number of aromatic nitrogens is 1. The lowest BCUT2D eigenvalue weighted by Gasteiger charge is -2.32. The van der Waals surface area contributed by atoms with E-state index in [0.29, 0.717) is 57.3 Å². The highest BCUT2D eigenvalue weighted by Gasteiger charge is 2.27. The molecule has 4 rings (SSSR count). The molecular weight excluding hydrogens is 493 g/mol. The molecule has 0 aliphatic carbocycles. The number of rotatable bonds is 4. The molecule has 0 bridgehead atoms. The second-order valence-electron chi connectivity index (χ2n) is 6.54. The molecule has 6 nitrogen and oxygen atoms in total. The molecule has 1 aliphatic rings. The molecule has 0 radical (unpaired) electrons. The van der Waals surface area contributed by atoms with E-state index in [1.54, 1.807) is 42.6 Å². The molecule has 9 heteroatoms. The Kier molecular flexibility index (Phi) is 6.15. The summed E-state index contributed by atoms with van der Waals surface area (Å²) in [6.07, 6.45) is 1.57. The van der Waals surface area contributed by atoms with Crippen molar-refractivity contribution in [1.29, 1.82) is 0 Å². The van der Waals surface area contributed by atoms with Gasteiger partial charge in [-0.15, -0.1) is 0 Å². The first-order valence-corrected chi connectivity index (χ1v) is 10.6. The maximum atomic E-state index is 12.9. The highest BCUT2D eigenvalue weighted by Crippen LogP contribution is 2.41. The van der Waals surface area contributed by atoms with Crippen LogP contribution in [0.5, 0.6) is 5.75 Å². The predicted octanol–water partition coefficient (Wildman–Crippen LogP) is 5.43. The first-order chi connectivity index (χ1) is 14.5. The molecule has 0 saturated heterocycles. The molecule has 154 valence electrons. The van der Waals surface area contributed by atoms with Crippen LogP contribution in [0.2, 0.25) is 10.0 Å². The lowest BCUT2D eigenvalue weighted by molar-refractivity contribution is 0.102. The van der Waals surface area contributed by atoms with Crippen molar-refractivity contribution in [2.75, 3.05) is 23.4 Å². The molecule has 1 aliphatic heterocycles. The number of halogens is 3. The highest BCUT2D eigenvalue weighted by atomic mass is 79.9. The Morgan fingerprint density at radius 1 is 1.23 bits per heavy atom. The Bertz CT molecular complexity index is 1130. The van der Waals surface area contributed by atoms with Crippen molar-refractivity contribution < 1.29 is 14.6 Å². The van der Waals surface area contributed by atoms with Crippen LogP contribution in [0, 0.1) is 0 Å². The van der Waals surface area contributed by atoms with Gasteiger partial charge in [0, 0.05) is 16.4 Å². The third-order valence-corrected chi connectivity index (χ3v) is 6.10. The summed E-state index contributed by atoms with van der Waals surface area (Å²) in [5.74, 6) is 0.672. The van der Waals surface area contributed by atoms with Crippen molar-refractivity contribution in [3.8, 4) is 5.75 Å². The summed E-state index contributed by atoms with van der Waals surface area (Å²) in [7, 11) is 0. The molecule has 0 unspecified atom stereocenters. The van der Waals surface area contributed by atoms with Crippen molar-refractivity contribution in [3.63, 3.8) is 0 Å². The average molecular weight is 509 g/mol. The number of carbonyl (C=O) groups excluding carboxylic acids is 1. The standard InChI is InChI=1S/C21H16BrCl2N3O3/c22-15-5-4-13(9-16(15)23)26-21(29)14-2-1-3-18-19(14)30-7-6-27(18)20-17(24)8-12(11-28)10-25-20/h1-5,8-10,28H,6-7,11H2,(H,26,29). The Hall–Kier alpha value is -2.32. The lowest BCUT2D eigenvalue weighted by Crippen LogP contribution is -2.31. The number of anilines is 3. The molecule has 3 aromatic rings. The van der Waals surface area contributed by atoms with Gasteiger partial charge in [0.2, 0.25) is 0 Å². The van der Waals surface area contributed by atoms with Gasteiger partial charge in [0.05, 0.1) is 34.4 Å². The molecule has 0 spiro atoms. The Labute approximate surface area is 191 Å². The SMILES string of the molecule is O=C(Nc1ccc(Br)c(Cl)c1)c1cccc2c1OCCN2c1ncc(CO)cc1Cl. The van der Waals surface area contributed by atoms with E-state index in [-0.39, 0.29) is 12.5 Å². The van der Waals surface area contributed by atoms with E-state index >= 15 is 0 Å². The molecule has 1 aromatic heterocycles. The van der Waals surface area contributed by atoms with Crippen molar-refractivity contribution in [1.82, 2.24) is 4.98 Å². The number of hydrogen-bond donors (Lipinski definition) is 2. The molecule has 0 fully saturated rings. The van der Waals surface area contributed by atoms with Crippen LogP contribution in [0.25, 0.3) is 0 Å². The summed E-state index contributed by atoms with van der Waals surface area (Å²) >= 11 is 15.8. The number of hydrogen-bond acceptors (Lipinski definition) is 5. The number of nitrogens with zero attached hydrogens (tertiary/aromatic N) is 2. The molecule has 0 atom stereocenters. The van der Waals surface area contributed by atoms with Crippen LogP contribution in [-0.4, -0.2) is 29.1 Å². The van der Waals surface area contributed by atoms with Gasteiger partial charge < -0.3 is 20.1 Å². The first-order valence-electron chi connectivity index (χ1n) is 9.03. The van der Waals surface area contributed by atoms with Gasteiger partial charge in [-0.2, -0.15) is 0 Å². The second kappa shape index (κ2) is 8.81. The molecule has 2 N–H and O–H groups in total. The molecule has 2 heterocycles. The number of amides is 1. The zero-order valence-electron chi connectivity index (χ0n) is 15.5. The van der Waals surface area contributed by atoms with Crippen molar-refractivity contribution in [3.05, 3.63) is 74.3 Å². The third kappa shape index (κ3) is 4.11. The van der Waals surface area contributed by atoms with E-state index in [0.717, 1.165) is 4.47 Å². The largest absolute Gasteiger partial charge is 0.489 e. The fraction of sp³-hybridized carbons (Fsp3) is 0.143. The van der Waals surface area contributed by atoms with E-state index < -0.39 is 0 Å². The molecule has 1 amide bonds. The summed E-state index contributed by atoms with van der Waals surface area (Å²) in [5.41, 5.74) is 2.27. The number of aliphatic hydroxyl groups excluding tert-OH is 1. The number of carbonyl (C=O) groups is 1. The maximum absolute atomic E-state index is 12.9. The fourth-order valence-corrected chi connectivity index (χ4v) is 3.89. The third-order valence-electron chi connectivity index (χ3n) is 4.59.